The lowest BCUT2D eigenvalue weighted by atomic mass is 9.79. The fraction of sp³-hybridized carbons (Fsp3) is 0.632. The van der Waals surface area contributed by atoms with Crippen LogP contribution in [0.3, 0.4) is 0 Å². The van der Waals surface area contributed by atoms with E-state index < -0.39 is 0 Å². The SMILES string of the molecule is Cc1ccccc1CN(C)C(=O)C(C)N1CCC(N)C(C)(C)C1.Cl. The minimum Gasteiger partial charge on any atom is -0.340 e. The Kier molecular flexibility index (Phi) is 7.26. The number of benzene rings is 1. The van der Waals surface area contributed by atoms with Gasteiger partial charge in [0.15, 0.2) is 0 Å². The molecule has 1 saturated heterocycles. The van der Waals surface area contributed by atoms with Crippen LogP contribution >= 0.6 is 12.4 Å². The first-order valence-corrected chi connectivity index (χ1v) is 8.51. The fourth-order valence-corrected chi connectivity index (χ4v) is 3.34. The molecule has 1 heterocycles. The first-order chi connectivity index (χ1) is 10.7. The van der Waals surface area contributed by atoms with E-state index in [1.54, 1.807) is 0 Å². The molecular formula is C19H32ClN3O. The van der Waals surface area contributed by atoms with Crippen molar-refractivity contribution in [2.24, 2.45) is 11.1 Å². The van der Waals surface area contributed by atoms with E-state index in [0.29, 0.717) is 6.54 Å². The van der Waals surface area contributed by atoms with Crippen LogP contribution in [0.25, 0.3) is 0 Å². The summed E-state index contributed by atoms with van der Waals surface area (Å²) in [5, 5.41) is 0. The first kappa shape index (κ1) is 20.9. The summed E-state index contributed by atoms with van der Waals surface area (Å²) in [5.41, 5.74) is 8.70. The molecule has 1 aliphatic rings. The molecule has 2 atom stereocenters. The first-order valence-electron chi connectivity index (χ1n) is 8.51. The molecule has 1 aromatic carbocycles. The monoisotopic (exact) mass is 353 g/mol. The van der Waals surface area contributed by atoms with Gasteiger partial charge >= 0.3 is 0 Å². The molecule has 0 radical (unpaired) electrons. The number of carbonyl (C=O) groups excluding carboxylic acids is 1. The summed E-state index contributed by atoms with van der Waals surface area (Å²) in [6, 6.07) is 8.35. The summed E-state index contributed by atoms with van der Waals surface area (Å²) in [6.07, 6.45) is 0.951. The van der Waals surface area contributed by atoms with E-state index in [-0.39, 0.29) is 35.8 Å². The average Bonchev–Trinajstić information content (AvgIpc) is 2.50. The number of likely N-dealkylation sites (N-methyl/N-ethyl adjacent to an activating group) is 1. The van der Waals surface area contributed by atoms with Gasteiger partial charge in [0, 0.05) is 32.7 Å². The number of piperidine rings is 1. The Hall–Kier alpha value is -1.10. The number of hydrogen-bond donors (Lipinski definition) is 1. The van der Waals surface area contributed by atoms with Gasteiger partial charge in [0.2, 0.25) is 5.91 Å². The molecule has 4 nitrogen and oxygen atoms in total. The van der Waals surface area contributed by atoms with Crippen LogP contribution in [-0.2, 0) is 11.3 Å². The Morgan fingerprint density at radius 2 is 2.04 bits per heavy atom. The van der Waals surface area contributed by atoms with E-state index >= 15 is 0 Å². The second kappa shape index (κ2) is 8.32. The van der Waals surface area contributed by atoms with Crippen molar-refractivity contribution in [1.29, 1.82) is 0 Å². The zero-order valence-electron chi connectivity index (χ0n) is 15.6. The summed E-state index contributed by atoms with van der Waals surface area (Å²) >= 11 is 0. The van der Waals surface area contributed by atoms with E-state index in [4.69, 9.17) is 5.73 Å². The van der Waals surface area contributed by atoms with Crippen molar-refractivity contribution in [3.8, 4) is 0 Å². The molecule has 2 rings (SSSR count). The van der Waals surface area contributed by atoms with E-state index in [1.807, 2.05) is 31.0 Å². The number of likely N-dealkylation sites (tertiary alicyclic amines) is 1. The second-order valence-corrected chi connectivity index (χ2v) is 7.65. The molecule has 1 fully saturated rings. The van der Waals surface area contributed by atoms with Gasteiger partial charge in [-0.3, -0.25) is 9.69 Å². The Balaban J connectivity index is 0.00000288. The van der Waals surface area contributed by atoms with Gasteiger partial charge < -0.3 is 10.6 Å². The molecule has 1 aromatic rings. The second-order valence-electron chi connectivity index (χ2n) is 7.65. The maximum atomic E-state index is 12.8. The van der Waals surface area contributed by atoms with Crippen LogP contribution in [0.5, 0.6) is 0 Å². The Morgan fingerprint density at radius 1 is 1.42 bits per heavy atom. The highest BCUT2D eigenvalue weighted by molar-refractivity contribution is 5.85. The number of aryl methyl sites for hydroxylation is 1. The lowest BCUT2D eigenvalue weighted by Crippen LogP contribution is -2.57. The number of halogens is 1. The minimum atomic E-state index is -0.101. The number of amides is 1. The van der Waals surface area contributed by atoms with Crippen LogP contribution in [0.15, 0.2) is 24.3 Å². The molecule has 5 heteroatoms. The molecule has 0 saturated carbocycles. The summed E-state index contributed by atoms with van der Waals surface area (Å²) in [6.45, 7) is 10.9. The van der Waals surface area contributed by atoms with Crippen LogP contribution in [0, 0.1) is 12.3 Å². The average molecular weight is 354 g/mol. The lowest BCUT2D eigenvalue weighted by molar-refractivity contribution is -0.137. The largest absolute Gasteiger partial charge is 0.340 e. The summed E-state index contributed by atoms with van der Waals surface area (Å²) < 4.78 is 0. The van der Waals surface area contributed by atoms with Gasteiger partial charge in [0.25, 0.3) is 0 Å². The Morgan fingerprint density at radius 3 is 2.62 bits per heavy atom. The highest BCUT2D eigenvalue weighted by atomic mass is 35.5. The maximum Gasteiger partial charge on any atom is 0.239 e. The number of nitrogens with two attached hydrogens (primary N) is 1. The van der Waals surface area contributed by atoms with Crippen molar-refractivity contribution in [1.82, 2.24) is 9.80 Å². The number of nitrogens with zero attached hydrogens (tertiary/aromatic N) is 2. The van der Waals surface area contributed by atoms with Gasteiger partial charge in [-0.15, -0.1) is 12.4 Å². The molecular weight excluding hydrogens is 322 g/mol. The molecule has 0 aromatic heterocycles. The molecule has 1 aliphatic heterocycles. The number of rotatable bonds is 4. The topological polar surface area (TPSA) is 49.6 Å². The highest BCUT2D eigenvalue weighted by Crippen LogP contribution is 2.29. The molecule has 0 aliphatic carbocycles. The van der Waals surface area contributed by atoms with Crippen molar-refractivity contribution in [3.63, 3.8) is 0 Å². The Labute approximate surface area is 152 Å². The molecule has 1 amide bonds. The number of hydrogen-bond acceptors (Lipinski definition) is 3. The van der Waals surface area contributed by atoms with Crippen LogP contribution in [0.2, 0.25) is 0 Å². The van der Waals surface area contributed by atoms with Crippen molar-refractivity contribution < 1.29 is 4.79 Å². The van der Waals surface area contributed by atoms with Crippen molar-refractivity contribution >= 4 is 18.3 Å². The third-order valence-electron chi connectivity index (χ3n) is 5.29. The third-order valence-corrected chi connectivity index (χ3v) is 5.29. The maximum absolute atomic E-state index is 12.8. The molecule has 0 spiro atoms. The quantitative estimate of drug-likeness (QED) is 0.905. The van der Waals surface area contributed by atoms with Crippen LogP contribution in [-0.4, -0.2) is 47.9 Å². The van der Waals surface area contributed by atoms with Gasteiger partial charge in [-0.1, -0.05) is 38.1 Å². The van der Waals surface area contributed by atoms with Crippen LogP contribution < -0.4 is 5.73 Å². The summed E-state index contributed by atoms with van der Waals surface area (Å²) in [4.78, 5) is 16.9. The predicted octanol–water partition coefficient (Wildman–Crippen LogP) is 2.82. The van der Waals surface area contributed by atoms with Crippen molar-refractivity contribution in [3.05, 3.63) is 35.4 Å². The predicted molar refractivity (Wildman–Crippen MR) is 102 cm³/mol. The van der Waals surface area contributed by atoms with Gasteiger partial charge in [-0.05, 0) is 36.8 Å². The molecule has 0 bridgehead atoms. The van der Waals surface area contributed by atoms with E-state index in [1.165, 1.54) is 11.1 Å². The minimum absolute atomic E-state index is 0. The van der Waals surface area contributed by atoms with E-state index in [2.05, 4.69) is 37.8 Å². The molecule has 136 valence electrons. The standard InChI is InChI=1S/C19H31N3O.ClH/c1-14-8-6-7-9-16(14)12-21(5)18(23)15(2)22-11-10-17(20)19(3,4)13-22;/h6-9,15,17H,10-13,20H2,1-5H3;1H. The van der Waals surface area contributed by atoms with E-state index in [9.17, 15) is 4.79 Å². The fourth-order valence-electron chi connectivity index (χ4n) is 3.34. The highest BCUT2D eigenvalue weighted by Gasteiger charge is 2.37. The van der Waals surface area contributed by atoms with Gasteiger partial charge in [-0.2, -0.15) is 0 Å². The van der Waals surface area contributed by atoms with Crippen LogP contribution in [0.4, 0.5) is 0 Å². The normalized spacial score (nSPS) is 21.7. The Bertz CT molecular complexity index is 561. The van der Waals surface area contributed by atoms with Crippen molar-refractivity contribution in [2.45, 2.75) is 52.7 Å². The zero-order valence-corrected chi connectivity index (χ0v) is 16.4. The summed E-state index contributed by atoms with van der Waals surface area (Å²) in [5.74, 6) is 0.180. The third kappa shape index (κ3) is 4.71. The summed E-state index contributed by atoms with van der Waals surface area (Å²) in [7, 11) is 1.89. The molecule has 2 unspecified atom stereocenters. The number of carbonyl (C=O) groups is 1. The zero-order chi connectivity index (χ0) is 17.2. The smallest absolute Gasteiger partial charge is 0.239 e. The van der Waals surface area contributed by atoms with Crippen molar-refractivity contribution in [2.75, 3.05) is 20.1 Å². The van der Waals surface area contributed by atoms with Gasteiger partial charge in [-0.25, -0.2) is 0 Å². The van der Waals surface area contributed by atoms with Gasteiger partial charge in [0.05, 0.1) is 6.04 Å². The lowest BCUT2D eigenvalue weighted by Gasteiger charge is -2.45. The van der Waals surface area contributed by atoms with E-state index in [0.717, 1.165) is 19.5 Å². The molecule has 2 N–H and O–H groups in total. The van der Waals surface area contributed by atoms with Gasteiger partial charge in [0.1, 0.15) is 0 Å². The van der Waals surface area contributed by atoms with Crippen LogP contribution in [0.1, 0.15) is 38.3 Å². The molecule has 24 heavy (non-hydrogen) atoms.